The largest absolute Gasteiger partial charge is 0.497 e. The Morgan fingerprint density at radius 1 is 1.09 bits per heavy atom. The topological polar surface area (TPSA) is 108 Å². The van der Waals surface area contributed by atoms with Crippen LogP contribution in [0.3, 0.4) is 0 Å². The quantitative estimate of drug-likeness (QED) is 0.560. The molecule has 2 aromatic rings. The molecule has 5 atom stereocenters. The van der Waals surface area contributed by atoms with E-state index >= 15 is 0 Å². The Balaban J connectivity index is 1.43. The third-order valence-corrected chi connectivity index (χ3v) is 9.04. The number of nitrogens with zero attached hydrogens (tertiary/aromatic N) is 1. The van der Waals surface area contributed by atoms with Crippen LogP contribution in [0.4, 0.5) is 11.4 Å². The number of thioether (sulfide) groups is 1. The van der Waals surface area contributed by atoms with Gasteiger partial charge in [-0.2, -0.15) is 0 Å². The lowest BCUT2D eigenvalue weighted by Crippen LogP contribution is -2.52. The highest BCUT2D eigenvalue weighted by Gasteiger charge is 2.73. The van der Waals surface area contributed by atoms with Gasteiger partial charge in [-0.3, -0.25) is 14.4 Å². The molecule has 2 aromatic carbocycles. The van der Waals surface area contributed by atoms with E-state index in [9.17, 15) is 19.5 Å². The number of hydrogen-bond acceptors (Lipinski definition) is 6. The van der Waals surface area contributed by atoms with Gasteiger partial charge in [-0.05, 0) is 49.2 Å². The Labute approximate surface area is 202 Å². The number of aliphatic hydroxyl groups excluding tert-OH is 1. The fourth-order valence-corrected chi connectivity index (χ4v) is 7.95. The van der Waals surface area contributed by atoms with Gasteiger partial charge in [0.2, 0.25) is 17.7 Å². The number of carbonyl (C=O) groups excluding carboxylic acids is 3. The van der Waals surface area contributed by atoms with Gasteiger partial charge in [-0.15, -0.1) is 11.8 Å². The van der Waals surface area contributed by atoms with Crippen LogP contribution in [0.5, 0.6) is 5.75 Å². The molecule has 2 bridgehead atoms. The molecule has 178 valence electrons. The van der Waals surface area contributed by atoms with E-state index in [0.717, 1.165) is 6.42 Å². The molecule has 0 saturated carbocycles. The van der Waals surface area contributed by atoms with E-state index in [1.807, 2.05) is 30.3 Å². The van der Waals surface area contributed by atoms with E-state index in [4.69, 9.17) is 4.74 Å². The number of anilines is 2. The number of benzene rings is 2. The Bertz CT molecular complexity index is 1100. The first-order valence-corrected chi connectivity index (χ1v) is 12.3. The maximum atomic E-state index is 13.6. The molecule has 0 aliphatic carbocycles. The van der Waals surface area contributed by atoms with Crippen molar-refractivity contribution in [1.29, 1.82) is 0 Å². The monoisotopic (exact) mass is 481 g/mol. The SMILES string of the molecule is COc1ccc(NC(=O)C2N(CCO)C(=O)[C@@H]3[C@H](C(=O)Nc4ccccc4)[C@@H]4CCC23S4)cc1. The van der Waals surface area contributed by atoms with E-state index < -0.39 is 22.6 Å². The van der Waals surface area contributed by atoms with Crippen molar-refractivity contribution in [2.75, 3.05) is 30.9 Å². The second-order valence-corrected chi connectivity index (χ2v) is 10.5. The highest BCUT2D eigenvalue weighted by Crippen LogP contribution is 2.66. The number of likely N-dealkylation sites (tertiary alicyclic amines) is 1. The molecule has 34 heavy (non-hydrogen) atoms. The molecule has 3 amide bonds. The number of nitrogens with one attached hydrogen (secondary N) is 2. The van der Waals surface area contributed by atoms with E-state index in [-0.39, 0.29) is 36.1 Å². The van der Waals surface area contributed by atoms with Gasteiger partial charge in [0.25, 0.3) is 0 Å². The predicted molar refractivity (Wildman–Crippen MR) is 130 cm³/mol. The van der Waals surface area contributed by atoms with Crippen molar-refractivity contribution >= 4 is 40.9 Å². The lowest BCUT2D eigenvalue weighted by atomic mass is 9.70. The molecule has 9 heteroatoms. The summed E-state index contributed by atoms with van der Waals surface area (Å²) in [4.78, 5) is 42.0. The number of rotatable bonds is 7. The zero-order chi connectivity index (χ0) is 23.9. The lowest BCUT2D eigenvalue weighted by Gasteiger charge is -2.34. The van der Waals surface area contributed by atoms with Crippen LogP contribution < -0.4 is 15.4 Å². The minimum absolute atomic E-state index is 0.0229. The molecule has 3 aliphatic rings. The predicted octanol–water partition coefficient (Wildman–Crippen LogP) is 2.36. The van der Waals surface area contributed by atoms with Gasteiger partial charge >= 0.3 is 0 Å². The smallest absolute Gasteiger partial charge is 0.248 e. The van der Waals surface area contributed by atoms with Gasteiger partial charge in [0.1, 0.15) is 11.8 Å². The molecule has 2 unspecified atom stereocenters. The summed E-state index contributed by atoms with van der Waals surface area (Å²) in [5.74, 6) is -1.17. The van der Waals surface area contributed by atoms with Gasteiger partial charge in [0.15, 0.2) is 0 Å². The molecular formula is C25H27N3O5S. The summed E-state index contributed by atoms with van der Waals surface area (Å²) in [6.45, 7) is -0.203. The second kappa shape index (κ2) is 8.96. The summed E-state index contributed by atoms with van der Waals surface area (Å²) in [5.41, 5.74) is 1.28. The van der Waals surface area contributed by atoms with Crippen LogP contribution in [0.25, 0.3) is 0 Å². The van der Waals surface area contributed by atoms with E-state index in [0.29, 0.717) is 23.5 Å². The number of ether oxygens (including phenoxy) is 1. The van der Waals surface area contributed by atoms with Crippen LogP contribution in [0, 0.1) is 11.8 Å². The minimum Gasteiger partial charge on any atom is -0.497 e. The third kappa shape index (κ3) is 3.63. The summed E-state index contributed by atoms with van der Waals surface area (Å²) in [7, 11) is 1.57. The van der Waals surface area contributed by atoms with Gasteiger partial charge in [0, 0.05) is 23.2 Å². The number of amides is 3. The number of para-hydroxylation sites is 1. The molecule has 3 aliphatic heterocycles. The molecule has 3 fully saturated rings. The molecule has 3 saturated heterocycles. The first kappa shape index (κ1) is 22.7. The first-order valence-electron chi connectivity index (χ1n) is 11.4. The van der Waals surface area contributed by atoms with Crippen molar-refractivity contribution in [3.8, 4) is 5.75 Å². The fourth-order valence-electron chi connectivity index (χ4n) is 5.73. The number of methoxy groups -OCH3 is 1. The molecule has 1 spiro atoms. The van der Waals surface area contributed by atoms with Crippen LogP contribution in [-0.2, 0) is 14.4 Å². The zero-order valence-electron chi connectivity index (χ0n) is 18.8. The van der Waals surface area contributed by atoms with Crippen molar-refractivity contribution in [2.45, 2.75) is 28.9 Å². The average molecular weight is 482 g/mol. The molecule has 0 aromatic heterocycles. The highest BCUT2D eigenvalue weighted by atomic mass is 32.2. The molecule has 8 nitrogen and oxygen atoms in total. The maximum absolute atomic E-state index is 13.6. The summed E-state index contributed by atoms with van der Waals surface area (Å²) < 4.78 is 4.49. The van der Waals surface area contributed by atoms with E-state index in [1.165, 1.54) is 4.90 Å². The summed E-state index contributed by atoms with van der Waals surface area (Å²) >= 11 is 1.60. The fraction of sp³-hybridized carbons (Fsp3) is 0.400. The van der Waals surface area contributed by atoms with Crippen molar-refractivity contribution < 1.29 is 24.2 Å². The summed E-state index contributed by atoms with van der Waals surface area (Å²) in [5, 5.41) is 15.5. The van der Waals surface area contributed by atoms with Crippen LogP contribution in [0.2, 0.25) is 0 Å². The lowest BCUT2D eigenvalue weighted by molar-refractivity contribution is -0.138. The van der Waals surface area contributed by atoms with Gasteiger partial charge in [0.05, 0.1) is 30.3 Å². The van der Waals surface area contributed by atoms with Gasteiger partial charge < -0.3 is 25.4 Å². The van der Waals surface area contributed by atoms with Crippen molar-refractivity contribution in [3.63, 3.8) is 0 Å². The van der Waals surface area contributed by atoms with Crippen LogP contribution in [0.15, 0.2) is 54.6 Å². The second-order valence-electron chi connectivity index (χ2n) is 8.88. The Morgan fingerprint density at radius 2 is 1.76 bits per heavy atom. The van der Waals surface area contributed by atoms with Crippen LogP contribution in [-0.4, -0.2) is 64.0 Å². The number of carbonyl (C=O) groups is 3. The number of β-amino-alcohol motifs (C(OH)–C–C–N with tert-alkyl or cyclic N) is 1. The van der Waals surface area contributed by atoms with Crippen LogP contribution >= 0.6 is 11.8 Å². The van der Waals surface area contributed by atoms with Crippen molar-refractivity contribution in [3.05, 3.63) is 54.6 Å². The highest BCUT2D eigenvalue weighted by molar-refractivity contribution is 8.02. The number of aliphatic hydroxyl groups is 1. The molecule has 5 rings (SSSR count). The average Bonchev–Trinajstić information content (AvgIpc) is 3.48. The van der Waals surface area contributed by atoms with Gasteiger partial charge in [-0.25, -0.2) is 0 Å². The molecule has 3 heterocycles. The van der Waals surface area contributed by atoms with Gasteiger partial charge in [-0.1, -0.05) is 18.2 Å². The number of hydrogen-bond donors (Lipinski definition) is 3. The van der Waals surface area contributed by atoms with E-state index in [1.54, 1.807) is 43.1 Å². The molecule has 3 N–H and O–H groups in total. The van der Waals surface area contributed by atoms with Crippen LogP contribution in [0.1, 0.15) is 12.8 Å². The van der Waals surface area contributed by atoms with E-state index in [2.05, 4.69) is 10.6 Å². The standard InChI is InChI=1S/C25H27N3O5S/c1-33-17-9-7-16(8-10-17)27-23(31)21-25-12-11-18(34-25)19(20(25)24(32)28(21)13-14-29)22(30)26-15-5-3-2-4-6-15/h2-10,18-21,29H,11-14H2,1H3,(H,26,30)(H,27,31)/t18-,19+,20-,21?,25?/m0/s1. The normalized spacial score (nSPS) is 29.1. The molecular weight excluding hydrogens is 454 g/mol. The minimum atomic E-state index is -0.760. The first-order chi connectivity index (χ1) is 16.5. The zero-order valence-corrected chi connectivity index (χ0v) is 19.6. The molecule has 0 radical (unpaired) electrons. The van der Waals surface area contributed by atoms with Crippen molar-refractivity contribution in [1.82, 2.24) is 4.90 Å². The maximum Gasteiger partial charge on any atom is 0.248 e. The Kier molecular flexibility index (Phi) is 5.99. The third-order valence-electron chi connectivity index (χ3n) is 7.09. The number of fused-ring (bicyclic) bond motifs is 1. The summed E-state index contributed by atoms with van der Waals surface area (Å²) in [6.07, 6.45) is 1.44. The van der Waals surface area contributed by atoms with Crippen molar-refractivity contribution in [2.24, 2.45) is 11.8 Å². The Hall–Kier alpha value is -3.04. The Morgan fingerprint density at radius 3 is 2.44 bits per heavy atom. The summed E-state index contributed by atoms with van der Waals surface area (Å²) in [6, 6.07) is 15.4.